The first-order chi connectivity index (χ1) is 13.1. The zero-order valence-corrected chi connectivity index (χ0v) is 16.6. The van der Waals surface area contributed by atoms with E-state index >= 15 is 0 Å². The molecule has 1 amide bonds. The van der Waals surface area contributed by atoms with Gasteiger partial charge in [0, 0.05) is 24.5 Å². The van der Waals surface area contributed by atoms with Crippen LogP contribution in [0.3, 0.4) is 0 Å². The minimum Gasteiger partial charge on any atom is -0.347 e. The molecule has 7 heteroatoms. The summed E-state index contributed by atoms with van der Waals surface area (Å²) < 4.78 is 18.0. The standard InChI is InChI=1S/C20H15BrFN3OS/c21-19-10-16-18(27-19)9-17(20(26)24-11-13-5-7-23-8-6-13)25(16)12-14-3-1-2-4-15(14)22/h1-10H,11-12H2,(H,24,26). The van der Waals surface area contributed by atoms with Crippen molar-refractivity contribution in [1.82, 2.24) is 14.9 Å². The van der Waals surface area contributed by atoms with Gasteiger partial charge < -0.3 is 9.88 Å². The third-order valence-electron chi connectivity index (χ3n) is 4.28. The van der Waals surface area contributed by atoms with Crippen molar-refractivity contribution in [1.29, 1.82) is 0 Å². The number of carbonyl (C=O) groups is 1. The number of carbonyl (C=O) groups excluding carboxylic acids is 1. The number of hydrogen-bond acceptors (Lipinski definition) is 3. The first-order valence-electron chi connectivity index (χ1n) is 8.31. The third kappa shape index (κ3) is 3.79. The molecule has 0 bridgehead atoms. The van der Waals surface area contributed by atoms with E-state index in [1.807, 2.05) is 28.8 Å². The van der Waals surface area contributed by atoms with Crippen molar-refractivity contribution in [2.75, 3.05) is 0 Å². The fraction of sp³-hybridized carbons (Fsp3) is 0.100. The van der Waals surface area contributed by atoms with Crippen LogP contribution in [0.2, 0.25) is 0 Å². The maximum Gasteiger partial charge on any atom is 0.268 e. The summed E-state index contributed by atoms with van der Waals surface area (Å²) in [5.41, 5.74) is 2.93. The molecular weight excluding hydrogens is 429 g/mol. The average Bonchev–Trinajstić information content (AvgIpc) is 3.19. The summed E-state index contributed by atoms with van der Waals surface area (Å²) in [4.78, 5) is 16.8. The lowest BCUT2D eigenvalue weighted by Crippen LogP contribution is -2.25. The minimum atomic E-state index is -0.281. The lowest BCUT2D eigenvalue weighted by Gasteiger charge is -2.12. The summed E-state index contributed by atoms with van der Waals surface area (Å²) in [5, 5.41) is 2.93. The molecule has 0 fully saturated rings. The van der Waals surface area contributed by atoms with Gasteiger partial charge in [0.05, 0.1) is 20.5 Å². The summed E-state index contributed by atoms with van der Waals surface area (Å²) in [6.07, 6.45) is 3.38. The maximum atomic E-state index is 14.2. The second-order valence-electron chi connectivity index (χ2n) is 6.05. The molecule has 4 aromatic rings. The second kappa shape index (κ2) is 7.62. The van der Waals surface area contributed by atoms with Crippen molar-refractivity contribution in [3.05, 3.63) is 87.3 Å². The Balaban J connectivity index is 1.66. The molecule has 0 radical (unpaired) electrons. The molecule has 4 rings (SSSR count). The zero-order valence-electron chi connectivity index (χ0n) is 14.2. The van der Waals surface area contributed by atoms with Crippen LogP contribution < -0.4 is 5.32 Å². The highest BCUT2D eigenvalue weighted by atomic mass is 79.9. The fourth-order valence-electron chi connectivity index (χ4n) is 2.94. The number of nitrogens with one attached hydrogen (secondary N) is 1. The molecular formula is C20H15BrFN3OS. The van der Waals surface area contributed by atoms with Gasteiger partial charge in [-0.3, -0.25) is 9.78 Å². The van der Waals surface area contributed by atoms with Gasteiger partial charge in [-0.15, -0.1) is 11.3 Å². The maximum absolute atomic E-state index is 14.2. The fourth-order valence-corrected chi connectivity index (χ4v) is 4.51. The van der Waals surface area contributed by atoms with Crippen molar-refractivity contribution in [3.8, 4) is 0 Å². The van der Waals surface area contributed by atoms with Crippen molar-refractivity contribution < 1.29 is 9.18 Å². The van der Waals surface area contributed by atoms with E-state index in [2.05, 4.69) is 26.2 Å². The number of aromatic nitrogens is 2. The van der Waals surface area contributed by atoms with Crippen LogP contribution in [0.4, 0.5) is 4.39 Å². The van der Waals surface area contributed by atoms with Gasteiger partial charge >= 0.3 is 0 Å². The molecule has 0 aliphatic rings. The Labute approximate surface area is 167 Å². The van der Waals surface area contributed by atoms with E-state index in [0.717, 1.165) is 19.6 Å². The van der Waals surface area contributed by atoms with Crippen molar-refractivity contribution in [3.63, 3.8) is 0 Å². The van der Waals surface area contributed by atoms with E-state index in [-0.39, 0.29) is 18.3 Å². The van der Waals surface area contributed by atoms with E-state index in [0.29, 0.717) is 17.8 Å². The van der Waals surface area contributed by atoms with Crippen LogP contribution in [0, 0.1) is 5.82 Å². The van der Waals surface area contributed by atoms with Crippen LogP contribution in [0.1, 0.15) is 21.6 Å². The largest absolute Gasteiger partial charge is 0.347 e. The van der Waals surface area contributed by atoms with Crippen LogP contribution in [-0.2, 0) is 13.1 Å². The van der Waals surface area contributed by atoms with Crippen LogP contribution in [0.5, 0.6) is 0 Å². The van der Waals surface area contributed by atoms with Gasteiger partial charge in [0.25, 0.3) is 5.91 Å². The summed E-state index contributed by atoms with van der Waals surface area (Å²) in [5.74, 6) is -0.473. The van der Waals surface area contributed by atoms with E-state index in [9.17, 15) is 9.18 Å². The first kappa shape index (κ1) is 17.9. The number of nitrogens with zero attached hydrogens (tertiary/aromatic N) is 2. The smallest absolute Gasteiger partial charge is 0.268 e. The molecule has 0 saturated heterocycles. The van der Waals surface area contributed by atoms with E-state index < -0.39 is 0 Å². The molecule has 0 atom stereocenters. The minimum absolute atomic E-state index is 0.192. The van der Waals surface area contributed by atoms with Gasteiger partial charge in [-0.2, -0.15) is 0 Å². The molecule has 0 aliphatic carbocycles. The van der Waals surface area contributed by atoms with Gasteiger partial charge in [-0.1, -0.05) is 18.2 Å². The lowest BCUT2D eigenvalue weighted by atomic mass is 10.2. The molecule has 4 nitrogen and oxygen atoms in total. The van der Waals surface area contributed by atoms with E-state index in [1.54, 1.807) is 41.9 Å². The molecule has 0 spiro atoms. The molecule has 0 unspecified atom stereocenters. The number of amides is 1. The number of halogens is 2. The molecule has 0 aliphatic heterocycles. The Morgan fingerprint density at radius 1 is 1.19 bits per heavy atom. The Hall–Kier alpha value is -2.51. The Kier molecular flexibility index (Phi) is 5.05. The highest BCUT2D eigenvalue weighted by Crippen LogP contribution is 2.33. The molecule has 136 valence electrons. The molecule has 0 saturated carbocycles. The summed E-state index contributed by atoms with van der Waals surface area (Å²) in [6.45, 7) is 0.695. The second-order valence-corrected chi connectivity index (χ2v) is 8.51. The normalized spacial score (nSPS) is 11.0. The predicted molar refractivity (Wildman–Crippen MR) is 108 cm³/mol. The summed E-state index contributed by atoms with van der Waals surface area (Å²) in [7, 11) is 0. The molecule has 1 N–H and O–H groups in total. The first-order valence-corrected chi connectivity index (χ1v) is 9.92. The monoisotopic (exact) mass is 443 g/mol. The zero-order chi connectivity index (χ0) is 18.8. The SMILES string of the molecule is O=C(NCc1ccncc1)c1cc2sc(Br)cc2n1Cc1ccccc1F. The van der Waals surface area contributed by atoms with E-state index in [4.69, 9.17) is 0 Å². The van der Waals surface area contributed by atoms with Gasteiger partial charge in [0.15, 0.2) is 0 Å². The van der Waals surface area contributed by atoms with Crippen LogP contribution in [-0.4, -0.2) is 15.5 Å². The number of pyridine rings is 1. The molecule has 27 heavy (non-hydrogen) atoms. The van der Waals surface area contributed by atoms with Gasteiger partial charge in [-0.25, -0.2) is 4.39 Å². The molecule has 1 aromatic carbocycles. The number of hydrogen-bond donors (Lipinski definition) is 1. The topological polar surface area (TPSA) is 46.9 Å². The van der Waals surface area contributed by atoms with Gasteiger partial charge in [0.2, 0.25) is 0 Å². The highest BCUT2D eigenvalue weighted by molar-refractivity contribution is 9.11. The predicted octanol–water partition coefficient (Wildman–Crippen LogP) is 4.98. The Morgan fingerprint density at radius 2 is 1.96 bits per heavy atom. The van der Waals surface area contributed by atoms with Crippen molar-refractivity contribution >= 4 is 43.4 Å². The summed E-state index contributed by atoms with van der Waals surface area (Å²) in [6, 6.07) is 14.2. The van der Waals surface area contributed by atoms with Gasteiger partial charge in [0.1, 0.15) is 11.5 Å². The van der Waals surface area contributed by atoms with Crippen LogP contribution >= 0.6 is 27.3 Å². The Bertz CT molecular complexity index is 1110. The highest BCUT2D eigenvalue weighted by Gasteiger charge is 2.18. The Morgan fingerprint density at radius 3 is 2.74 bits per heavy atom. The summed E-state index contributed by atoms with van der Waals surface area (Å²) >= 11 is 5.03. The number of thiophene rings is 1. The van der Waals surface area contributed by atoms with E-state index in [1.165, 1.54) is 6.07 Å². The van der Waals surface area contributed by atoms with Gasteiger partial charge in [-0.05, 0) is 51.8 Å². The average molecular weight is 444 g/mol. The third-order valence-corrected chi connectivity index (χ3v) is 5.86. The lowest BCUT2D eigenvalue weighted by molar-refractivity contribution is 0.0942. The van der Waals surface area contributed by atoms with Crippen molar-refractivity contribution in [2.45, 2.75) is 13.1 Å². The van der Waals surface area contributed by atoms with Crippen LogP contribution in [0.15, 0.2) is 64.7 Å². The van der Waals surface area contributed by atoms with Crippen LogP contribution in [0.25, 0.3) is 10.2 Å². The number of benzene rings is 1. The van der Waals surface area contributed by atoms with Crippen molar-refractivity contribution in [2.24, 2.45) is 0 Å². The quantitative estimate of drug-likeness (QED) is 0.472. The number of fused-ring (bicyclic) bond motifs is 1. The molecule has 3 aromatic heterocycles. The number of rotatable bonds is 5. The molecule has 3 heterocycles.